The number of benzene rings is 1. The Morgan fingerprint density at radius 1 is 1.06 bits per heavy atom. The highest BCUT2D eigenvalue weighted by atomic mass is 16.5. The van der Waals surface area contributed by atoms with Crippen LogP contribution in [0.4, 0.5) is 5.95 Å². The molecule has 0 saturated carbocycles. The summed E-state index contributed by atoms with van der Waals surface area (Å²) in [4.78, 5) is 8.46. The highest BCUT2D eigenvalue weighted by molar-refractivity contribution is 5.98. The molecule has 0 unspecified atom stereocenters. The van der Waals surface area contributed by atoms with Gasteiger partial charge in [0.25, 0.3) is 0 Å². The maximum absolute atomic E-state index is 5.49. The van der Waals surface area contributed by atoms with Crippen molar-refractivity contribution < 1.29 is 9.26 Å². The molecule has 0 atom stereocenters. The molecule has 1 fully saturated rings. The zero-order valence-corrected chi connectivity index (χ0v) is 18.7. The van der Waals surface area contributed by atoms with E-state index in [2.05, 4.69) is 39.6 Å². The first-order valence-corrected chi connectivity index (χ1v) is 10.7. The minimum Gasteiger partial charge on any atom is -0.381 e. The number of fused-ring (bicyclic) bond motifs is 1. The number of nitrogens with one attached hydrogen (secondary N) is 2. The lowest BCUT2D eigenvalue weighted by molar-refractivity contribution is 0.0903. The lowest BCUT2D eigenvalue weighted by atomic mass is 9.95. The van der Waals surface area contributed by atoms with E-state index < -0.39 is 0 Å². The van der Waals surface area contributed by atoms with Crippen molar-refractivity contribution in [2.45, 2.75) is 54.0 Å². The fourth-order valence-electron chi connectivity index (χ4n) is 4.61. The van der Waals surface area contributed by atoms with Gasteiger partial charge in [-0.05, 0) is 58.2 Å². The van der Waals surface area contributed by atoms with Crippen molar-refractivity contribution in [2.24, 2.45) is 7.05 Å². The van der Waals surface area contributed by atoms with Crippen LogP contribution in [-0.4, -0.2) is 44.2 Å². The van der Waals surface area contributed by atoms with Gasteiger partial charge in [-0.3, -0.25) is 4.68 Å². The van der Waals surface area contributed by atoms with Crippen molar-refractivity contribution in [3.05, 3.63) is 35.0 Å². The zero-order chi connectivity index (χ0) is 21.7. The molecular weight excluding hydrogens is 404 g/mol. The molecule has 5 rings (SSSR count). The molecule has 8 heteroatoms. The molecule has 0 bridgehead atoms. The van der Waals surface area contributed by atoms with Gasteiger partial charge in [-0.1, -0.05) is 12.6 Å². The predicted octanol–water partition coefficient (Wildman–Crippen LogP) is 5.08. The Hall–Kier alpha value is -3.13. The minimum absolute atomic E-state index is 0. The molecule has 1 aromatic carbocycles. The van der Waals surface area contributed by atoms with Gasteiger partial charge < -0.3 is 19.6 Å². The number of hydrogen-bond acceptors (Lipinski definition) is 6. The van der Waals surface area contributed by atoms with E-state index in [1.807, 2.05) is 32.5 Å². The van der Waals surface area contributed by atoms with Gasteiger partial charge in [-0.2, -0.15) is 5.10 Å². The van der Waals surface area contributed by atoms with E-state index in [4.69, 9.17) is 14.2 Å². The summed E-state index contributed by atoms with van der Waals surface area (Å²) in [6.45, 7) is 9.63. The van der Waals surface area contributed by atoms with Crippen molar-refractivity contribution in [1.29, 1.82) is 0 Å². The summed E-state index contributed by atoms with van der Waals surface area (Å²) in [5.41, 5.74) is 9.14. The van der Waals surface area contributed by atoms with E-state index in [9.17, 15) is 0 Å². The first kappa shape index (κ1) is 22.1. The summed E-state index contributed by atoms with van der Waals surface area (Å²) in [6.07, 6.45) is 1.96. The number of anilines is 1. The van der Waals surface area contributed by atoms with Crippen LogP contribution in [0.3, 0.4) is 0 Å². The highest BCUT2D eigenvalue weighted by Crippen LogP contribution is 2.38. The van der Waals surface area contributed by atoms with E-state index in [0.717, 1.165) is 88.1 Å². The van der Waals surface area contributed by atoms with Crippen LogP contribution < -0.4 is 5.32 Å². The first-order chi connectivity index (χ1) is 14.9. The van der Waals surface area contributed by atoms with E-state index in [-0.39, 0.29) is 7.43 Å². The molecule has 1 aliphatic heterocycles. The number of hydrogen-bond donors (Lipinski definition) is 2. The lowest BCUT2D eigenvalue weighted by Gasteiger charge is -2.22. The molecule has 3 aromatic heterocycles. The summed E-state index contributed by atoms with van der Waals surface area (Å²) >= 11 is 0. The van der Waals surface area contributed by atoms with E-state index >= 15 is 0 Å². The van der Waals surface area contributed by atoms with Crippen molar-refractivity contribution >= 4 is 17.0 Å². The van der Waals surface area contributed by atoms with Crippen LogP contribution in [0.2, 0.25) is 0 Å². The summed E-state index contributed by atoms with van der Waals surface area (Å²) in [5, 5.41) is 12.4. The van der Waals surface area contributed by atoms with Crippen LogP contribution >= 0.6 is 0 Å². The summed E-state index contributed by atoms with van der Waals surface area (Å²) in [5.74, 6) is 1.60. The quantitative estimate of drug-likeness (QED) is 0.463. The Morgan fingerprint density at radius 3 is 2.44 bits per heavy atom. The van der Waals surface area contributed by atoms with Crippen LogP contribution in [0.25, 0.3) is 33.3 Å². The first-order valence-electron chi connectivity index (χ1n) is 10.7. The highest BCUT2D eigenvalue weighted by Gasteiger charge is 2.22. The second kappa shape index (κ2) is 8.43. The smallest absolute Gasteiger partial charge is 0.201 e. The van der Waals surface area contributed by atoms with E-state index in [1.54, 1.807) is 0 Å². The van der Waals surface area contributed by atoms with Crippen molar-refractivity contribution in [2.75, 3.05) is 18.5 Å². The van der Waals surface area contributed by atoms with Gasteiger partial charge >= 0.3 is 0 Å². The second-order valence-corrected chi connectivity index (χ2v) is 8.40. The van der Waals surface area contributed by atoms with Gasteiger partial charge in [0.1, 0.15) is 5.76 Å². The Bertz CT molecular complexity index is 1240. The number of rotatable bonds is 4. The van der Waals surface area contributed by atoms with Gasteiger partial charge in [-0.15, -0.1) is 0 Å². The maximum Gasteiger partial charge on any atom is 0.201 e. The standard InChI is InChI=1S/C23H28N6O2.CH4/c1-12-20(14(3)29(5)27-12)18-10-16(21-13(2)28-31-15(21)4)11-19-22(18)26-23(25-19)24-17-6-8-30-9-7-17;/h10-11,17H,6-9H2,1-5H3,(H2,24,25,26);1H4. The van der Waals surface area contributed by atoms with Gasteiger partial charge in [-0.25, -0.2) is 4.98 Å². The minimum atomic E-state index is 0. The third-order valence-electron chi connectivity index (χ3n) is 6.25. The largest absolute Gasteiger partial charge is 0.381 e. The topological polar surface area (TPSA) is 93.8 Å². The Morgan fingerprint density at radius 2 is 1.81 bits per heavy atom. The summed E-state index contributed by atoms with van der Waals surface area (Å²) in [7, 11) is 1.98. The molecule has 2 N–H and O–H groups in total. The molecule has 0 aliphatic carbocycles. The molecule has 0 spiro atoms. The Balaban J connectivity index is 0.00000245. The van der Waals surface area contributed by atoms with Crippen LogP contribution in [0.5, 0.6) is 0 Å². The molecule has 4 heterocycles. The van der Waals surface area contributed by atoms with Crippen molar-refractivity contribution in [3.63, 3.8) is 0 Å². The number of aromatic amines is 1. The number of aromatic nitrogens is 5. The van der Waals surface area contributed by atoms with Gasteiger partial charge in [0.15, 0.2) is 0 Å². The maximum atomic E-state index is 5.49. The molecule has 1 aliphatic rings. The fourth-order valence-corrected chi connectivity index (χ4v) is 4.61. The van der Waals surface area contributed by atoms with E-state index in [1.165, 1.54) is 0 Å². The summed E-state index contributed by atoms with van der Waals surface area (Å²) < 4.78 is 12.9. The van der Waals surface area contributed by atoms with Crippen LogP contribution in [-0.2, 0) is 11.8 Å². The predicted molar refractivity (Wildman–Crippen MR) is 127 cm³/mol. The molecule has 8 nitrogen and oxygen atoms in total. The number of H-pyrrole nitrogens is 1. The molecule has 4 aromatic rings. The monoisotopic (exact) mass is 436 g/mol. The fraction of sp³-hybridized carbons (Fsp3) is 0.458. The van der Waals surface area contributed by atoms with E-state index in [0.29, 0.717) is 6.04 Å². The molecule has 0 amide bonds. The van der Waals surface area contributed by atoms with Crippen molar-refractivity contribution in [1.82, 2.24) is 24.9 Å². The molecular formula is C24H32N6O2. The van der Waals surface area contributed by atoms with Crippen LogP contribution in [0, 0.1) is 27.7 Å². The van der Waals surface area contributed by atoms with Crippen molar-refractivity contribution in [3.8, 4) is 22.3 Å². The van der Waals surface area contributed by atoms with Gasteiger partial charge in [0.05, 0.1) is 22.4 Å². The second-order valence-electron chi connectivity index (χ2n) is 8.40. The lowest BCUT2D eigenvalue weighted by Crippen LogP contribution is -2.28. The molecule has 1 saturated heterocycles. The number of ether oxygens (including phenoxy) is 1. The normalized spacial score (nSPS) is 14.7. The molecule has 170 valence electrons. The number of nitrogens with zero attached hydrogens (tertiary/aromatic N) is 4. The Kier molecular flexibility index (Phi) is 5.81. The molecule has 32 heavy (non-hydrogen) atoms. The van der Waals surface area contributed by atoms with Crippen LogP contribution in [0.1, 0.15) is 43.1 Å². The summed E-state index contributed by atoms with van der Waals surface area (Å²) in [6, 6.07) is 4.68. The SMILES string of the molecule is C.Cc1noc(C)c1-c1cc(-c2c(C)nn(C)c2C)c2nc(NC3CCOCC3)[nH]c2c1. The van der Waals surface area contributed by atoms with Crippen LogP contribution in [0.15, 0.2) is 16.7 Å². The number of aryl methyl sites for hydroxylation is 4. The average molecular weight is 437 g/mol. The third kappa shape index (κ3) is 3.68. The van der Waals surface area contributed by atoms with Gasteiger partial charge in [0.2, 0.25) is 5.95 Å². The molecule has 0 radical (unpaired) electrons. The zero-order valence-electron chi connectivity index (χ0n) is 18.7. The third-order valence-corrected chi connectivity index (χ3v) is 6.25. The van der Waals surface area contributed by atoms with Gasteiger partial charge in [0, 0.05) is 48.7 Å². The number of imidazole rings is 1. The Labute approximate surface area is 188 Å². The average Bonchev–Trinajstić information content (AvgIpc) is 3.37.